The van der Waals surface area contributed by atoms with Crippen molar-refractivity contribution >= 4 is 28.5 Å². The number of carbonyl (C=O) groups excluding carboxylic acids is 2. The highest BCUT2D eigenvalue weighted by Crippen LogP contribution is 2.33. The van der Waals surface area contributed by atoms with E-state index in [0.29, 0.717) is 6.54 Å². The Balaban J connectivity index is 2.03. The van der Waals surface area contributed by atoms with Gasteiger partial charge in [0.05, 0.1) is 18.7 Å². The summed E-state index contributed by atoms with van der Waals surface area (Å²) >= 11 is 0. The van der Waals surface area contributed by atoms with Gasteiger partial charge in [-0.1, -0.05) is 12.1 Å². The molecule has 0 fully saturated rings. The summed E-state index contributed by atoms with van der Waals surface area (Å²) in [5.41, 5.74) is 2.94. The Labute approximate surface area is 152 Å². The molecule has 6 heteroatoms. The molecule has 0 saturated heterocycles. The number of hydrogen-bond donors (Lipinski definition) is 0. The molecule has 0 bridgehead atoms. The maximum atomic E-state index is 12.2. The van der Waals surface area contributed by atoms with Crippen molar-refractivity contribution in [2.75, 3.05) is 24.7 Å². The first kappa shape index (κ1) is 17.9. The van der Waals surface area contributed by atoms with Crippen LogP contribution in [0.15, 0.2) is 42.2 Å². The van der Waals surface area contributed by atoms with Crippen molar-refractivity contribution in [3.63, 3.8) is 0 Å². The van der Waals surface area contributed by atoms with E-state index in [1.165, 1.54) is 0 Å². The van der Waals surface area contributed by atoms with E-state index >= 15 is 0 Å². The van der Waals surface area contributed by atoms with Crippen LogP contribution in [0.2, 0.25) is 0 Å². The van der Waals surface area contributed by atoms with Gasteiger partial charge in [0.2, 0.25) is 0 Å². The minimum atomic E-state index is -0.669. The van der Waals surface area contributed by atoms with Gasteiger partial charge in [0, 0.05) is 35.6 Å². The Hall–Kier alpha value is -2.89. The number of aromatic nitrogens is 1. The first-order valence-electron chi connectivity index (χ1n) is 8.85. The van der Waals surface area contributed by atoms with E-state index in [1.54, 1.807) is 26.2 Å². The summed E-state index contributed by atoms with van der Waals surface area (Å²) in [5.74, 6) is -1.34. The summed E-state index contributed by atoms with van der Waals surface area (Å²) in [6, 6.07) is 7.94. The van der Waals surface area contributed by atoms with Crippen LogP contribution in [0, 0.1) is 0 Å². The molecule has 26 heavy (non-hydrogen) atoms. The lowest BCUT2D eigenvalue weighted by Crippen LogP contribution is -2.28. The molecule has 1 aromatic carbocycles. The zero-order valence-corrected chi connectivity index (χ0v) is 15.0. The highest BCUT2D eigenvalue weighted by molar-refractivity contribution is 6.14. The number of benzene rings is 1. The smallest absolute Gasteiger partial charge is 0.347 e. The monoisotopic (exact) mass is 354 g/mol. The summed E-state index contributed by atoms with van der Waals surface area (Å²) in [4.78, 5) is 30.9. The van der Waals surface area contributed by atoms with E-state index in [1.807, 2.05) is 29.2 Å². The molecular weight excluding hydrogens is 332 g/mol. The zero-order chi connectivity index (χ0) is 18.5. The topological polar surface area (TPSA) is 68.7 Å². The van der Waals surface area contributed by atoms with Crippen molar-refractivity contribution in [3.05, 3.63) is 47.8 Å². The molecule has 0 radical (unpaired) electrons. The van der Waals surface area contributed by atoms with Crippen LogP contribution in [0.4, 0.5) is 5.69 Å². The molecule has 3 rings (SSSR count). The molecule has 0 amide bonds. The molecular formula is C20H22N2O4. The fourth-order valence-electron chi connectivity index (χ4n) is 3.15. The SMILES string of the molecule is CCOC(=O)C(=CN1CCCc2c1ccc1cccnc21)C(=O)OCC. The molecule has 0 unspecified atom stereocenters. The maximum Gasteiger partial charge on any atom is 0.347 e. The van der Waals surface area contributed by atoms with Gasteiger partial charge in [-0.15, -0.1) is 0 Å². The van der Waals surface area contributed by atoms with Gasteiger partial charge in [-0.3, -0.25) is 4.98 Å². The van der Waals surface area contributed by atoms with Crippen LogP contribution in [0.25, 0.3) is 10.9 Å². The van der Waals surface area contributed by atoms with Gasteiger partial charge in [-0.25, -0.2) is 9.59 Å². The molecule has 1 aliphatic rings. The van der Waals surface area contributed by atoms with E-state index in [9.17, 15) is 9.59 Å². The second kappa shape index (κ2) is 7.99. The van der Waals surface area contributed by atoms with Crippen molar-refractivity contribution < 1.29 is 19.1 Å². The lowest BCUT2D eigenvalue weighted by Gasteiger charge is -2.29. The van der Waals surface area contributed by atoms with Crippen molar-refractivity contribution in [2.45, 2.75) is 26.7 Å². The standard InChI is InChI=1S/C20H22N2O4/c1-3-25-19(23)16(20(24)26-4-2)13-22-12-6-8-15-17(22)10-9-14-7-5-11-21-18(14)15/h5,7,9-11,13H,3-4,6,8,12H2,1-2H3. The van der Waals surface area contributed by atoms with Crippen LogP contribution >= 0.6 is 0 Å². The molecule has 0 saturated carbocycles. The largest absolute Gasteiger partial charge is 0.462 e. The Morgan fingerprint density at radius 2 is 1.88 bits per heavy atom. The fourth-order valence-corrected chi connectivity index (χ4v) is 3.15. The molecule has 1 aliphatic heterocycles. The van der Waals surface area contributed by atoms with Crippen LogP contribution in [0.3, 0.4) is 0 Å². The van der Waals surface area contributed by atoms with E-state index in [-0.39, 0.29) is 18.8 Å². The van der Waals surface area contributed by atoms with Gasteiger partial charge < -0.3 is 14.4 Å². The lowest BCUT2D eigenvalue weighted by atomic mass is 9.98. The van der Waals surface area contributed by atoms with Crippen molar-refractivity contribution in [2.24, 2.45) is 0 Å². The number of pyridine rings is 1. The molecule has 2 heterocycles. The van der Waals surface area contributed by atoms with Crippen molar-refractivity contribution in [3.8, 4) is 0 Å². The van der Waals surface area contributed by atoms with E-state index in [2.05, 4.69) is 4.98 Å². The predicted octanol–water partition coefficient (Wildman–Crippen LogP) is 3.00. The second-order valence-corrected chi connectivity index (χ2v) is 5.92. The minimum absolute atomic E-state index is 0.0948. The van der Waals surface area contributed by atoms with Crippen LogP contribution in [-0.2, 0) is 25.5 Å². The third-order valence-corrected chi connectivity index (χ3v) is 4.27. The van der Waals surface area contributed by atoms with Gasteiger partial charge in [-0.2, -0.15) is 0 Å². The Morgan fingerprint density at radius 3 is 2.58 bits per heavy atom. The van der Waals surface area contributed by atoms with Crippen LogP contribution < -0.4 is 4.90 Å². The first-order chi connectivity index (χ1) is 12.7. The van der Waals surface area contributed by atoms with Gasteiger partial charge >= 0.3 is 11.9 Å². The van der Waals surface area contributed by atoms with Crippen LogP contribution in [-0.4, -0.2) is 36.7 Å². The molecule has 6 nitrogen and oxygen atoms in total. The first-order valence-corrected chi connectivity index (χ1v) is 8.85. The number of hydrogen-bond acceptors (Lipinski definition) is 6. The average Bonchev–Trinajstić information content (AvgIpc) is 2.66. The third kappa shape index (κ3) is 3.54. The Kier molecular flexibility index (Phi) is 5.51. The van der Waals surface area contributed by atoms with Gasteiger partial charge in [0.25, 0.3) is 0 Å². The minimum Gasteiger partial charge on any atom is -0.462 e. The number of fused-ring (bicyclic) bond motifs is 3. The highest BCUT2D eigenvalue weighted by atomic mass is 16.6. The summed E-state index contributed by atoms with van der Waals surface area (Å²) in [6.07, 6.45) is 5.13. The number of carbonyl (C=O) groups is 2. The zero-order valence-electron chi connectivity index (χ0n) is 15.0. The summed E-state index contributed by atoms with van der Waals surface area (Å²) in [7, 11) is 0. The number of rotatable bonds is 5. The Bertz CT molecular complexity index is 840. The summed E-state index contributed by atoms with van der Waals surface area (Å²) in [6.45, 7) is 4.50. The number of ether oxygens (including phenoxy) is 2. The summed E-state index contributed by atoms with van der Waals surface area (Å²) in [5, 5.41) is 1.08. The fraction of sp³-hybridized carbons (Fsp3) is 0.350. The normalized spacial score (nSPS) is 13.1. The van der Waals surface area contributed by atoms with Gasteiger partial charge in [0.1, 0.15) is 0 Å². The van der Waals surface area contributed by atoms with Gasteiger partial charge in [-0.05, 0) is 38.8 Å². The van der Waals surface area contributed by atoms with Crippen LogP contribution in [0.1, 0.15) is 25.8 Å². The van der Waals surface area contributed by atoms with E-state index in [4.69, 9.17) is 9.47 Å². The third-order valence-electron chi connectivity index (χ3n) is 4.27. The number of aryl methyl sites for hydroxylation is 1. The van der Waals surface area contributed by atoms with E-state index < -0.39 is 11.9 Å². The van der Waals surface area contributed by atoms with Crippen LogP contribution in [0.5, 0.6) is 0 Å². The molecule has 136 valence electrons. The maximum absolute atomic E-state index is 12.2. The number of esters is 2. The molecule has 1 aromatic heterocycles. The molecule has 0 spiro atoms. The molecule has 2 aromatic rings. The number of anilines is 1. The summed E-state index contributed by atoms with van der Waals surface area (Å²) < 4.78 is 10.0. The van der Waals surface area contributed by atoms with Gasteiger partial charge in [0.15, 0.2) is 5.57 Å². The molecule has 0 N–H and O–H groups in total. The van der Waals surface area contributed by atoms with Crippen molar-refractivity contribution in [1.82, 2.24) is 4.98 Å². The van der Waals surface area contributed by atoms with Crippen molar-refractivity contribution in [1.29, 1.82) is 0 Å². The molecule has 0 aliphatic carbocycles. The lowest BCUT2D eigenvalue weighted by molar-refractivity contribution is -0.146. The number of nitrogens with zero attached hydrogens (tertiary/aromatic N) is 2. The average molecular weight is 354 g/mol. The predicted molar refractivity (Wildman–Crippen MR) is 98.8 cm³/mol. The highest BCUT2D eigenvalue weighted by Gasteiger charge is 2.25. The second-order valence-electron chi connectivity index (χ2n) is 5.92. The Morgan fingerprint density at radius 1 is 1.15 bits per heavy atom. The van der Waals surface area contributed by atoms with E-state index in [0.717, 1.165) is 35.0 Å². The quantitative estimate of drug-likeness (QED) is 0.356. The molecule has 0 atom stereocenters.